The summed E-state index contributed by atoms with van der Waals surface area (Å²) in [5.74, 6) is 0.361. The van der Waals surface area contributed by atoms with Crippen molar-refractivity contribution in [2.24, 2.45) is 0 Å². The summed E-state index contributed by atoms with van der Waals surface area (Å²) in [6.07, 6.45) is 1.55. The van der Waals surface area contributed by atoms with Gasteiger partial charge in [-0.05, 0) is 24.3 Å². The molecule has 3 aromatic rings. The molecule has 0 aliphatic heterocycles. The van der Waals surface area contributed by atoms with Gasteiger partial charge in [-0.2, -0.15) is 10.2 Å². The number of anilines is 1. The lowest BCUT2D eigenvalue weighted by Gasteiger charge is -2.04. The second-order valence-corrected chi connectivity index (χ2v) is 4.27. The van der Waals surface area contributed by atoms with Crippen LogP contribution >= 0.6 is 0 Å². The van der Waals surface area contributed by atoms with Gasteiger partial charge in [-0.25, -0.2) is 4.68 Å². The Balaban J connectivity index is 1.87. The van der Waals surface area contributed by atoms with Gasteiger partial charge in [0, 0.05) is 6.07 Å². The van der Waals surface area contributed by atoms with E-state index in [1.54, 1.807) is 29.2 Å². The zero-order valence-corrected chi connectivity index (χ0v) is 11.0. The molecule has 0 saturated heterocycles. The maximum absolute atomic E-state index is 8.89. The van der Waals surface area contributed by atoms with Gasteiger partial charge in [-0.1, -0.05) is 18.2 Å². The molecule has 0 atom stereocenters. The van der Waals surface area contributed by atoms with Crippen molar-refractivity contribution in [2.75, 3.05) is 5.73 Å². The average Bonchev–Trinajstić information content (AvgIpc) is 2.99. The molecule has 0 amide bonds. The third-order valence-electron chi connectivity index (χ3n) is 2.84. The summed E-state index contributed by atoms with van der Waals surface area (Å²) in [5.41, 5.74) is 7.57. The van der Waals surface area contributed by atoms with Crippen LogP contribution in [0, 0.1) is 11.3 Å². The molecule has 2 aromatic carbocycles. The number of nitrogen functional groups attached to an aromatic ring is 1. The fourth-order valence-corrected chi connectivity index (χ4v) is 1.79. The Bertz CT molecular complexity index is 804. The number of nitriles is 1. The van der Waals surface area contributed by atoms with E-state index < -0.39 is 0 Å². The third kappa shape index (κ3) is 2.67. The number of para-hydroxylation sites is 1. The molecule has 0 fully saturated rings. The lowest BCUT2D eigenvalue weighted by atomic mass is 10.2. The van der Waals surface area contributed by atoms with Crippen LogP contribution in [0.1, 0.15) is 5.56 Å². The number of hydrogen-bond acceptors (Lipinski definition) is 5. The van der Waals surface area contributed by atoms with Gasteiger partial charge < -0.3 is 10.5 Å². The molecule has 0 radical (unpaired) electrons. The van der Waals surface area contributed by atoms with E-state index in [-0.39, 0.29) is 6.01 Å². The lowest BCUT2D eigenvalue weighted by molar-refractivity contribution is 0.443. The maximum Gasteiger partial charge on any atom is 0.341 e. The number of rotatable bonds is 3. The molecule has 6 nitrogen and oxygen atoms in total. The topological polar surface area (TPSA) is 89.8 Å². The molecule has 21 heavy (non-hydrogen) atoms. The van der Waals surface area contributed by atoms with Crippen molar-refractivity contribution in [3.63, 3.8) is 0 Å². The molecule has 1 aromatic heterocycles. The summed E-state index contributed by atoms with van der Waals surface area (Å²) in [5, 5.41) is 13.1. The smallest absolute Gasteiger partial charge is 0.341 e. The van der Waals surface area contributed by atoms with Gasteiger partial charge in [-0.3, -0.25) is 0 Å². The zero-order chi connectivity index (χ0) is 14.7. The van der Waals surface area contributed by atoms with E-state index in [2.05, 4.69) is 10.1 Å². The normalized spacial score (nSPS) is 10.0. The Labute approximate surface area is 121 Å². The quantitative estimate of drug-likeness (QED) is 0.743. The van der Waals surface area contributed by atoms with Crippen molar-refractivity contribution in [3.8, 4) is 23.5 Å². The van der Waals surface area contributed by atoms with Crippen molar-refractivity contribution in [1.29, 1.82) is 5.26 Å². The summed E-state index contributed by atoms with van der Waals surface area (Å²) < 4.78 is 7.13. The van der Waals surface area contributed by atoms with E-state index in [1.807, 2.05) is 36.4 Å². The Kier molecular flexibility index (Phi) is 3.23. The van der Waals surface area contributed by atoms with Crippen LogP contribution in [0.4, 0.5) is 5.69 Å². The highest BCUT2D eigenvalue weighted by molar-refractivity contribution is 5.56. The van der Waals surface area contributed by atoms with Crippen LogP contribution in [0.2, 0.25) is 0 Å². The first-order valence-corrected chi connectivity index (χ1v) is 6.21. The fraction of sp³-hybridized carbons (Fsp3) is 0. The molecule has 2 N–H and O–H groups in total. The van der Waals surface area contributed by atoms with Crippen LogP contribution in [0.25, 0.3) is 5.69 Å². The van der Waals surface area contributed by atoms with Crippen LogP contribution in [0.5, 0.6) is 11.8 Å². The lowest BCUT2D eigenvalue weighted by Crippen LogP contribution is -1.96. The Morgan fingerprint density at radius 2 is 1.95 bits per heavy atom. The summed E-state index contributed by atoms with van der Waals surface area (Å²) in [6, 6.07) is 16.5. The van der Waals surface area contributed by atoms with E-state index in [1.165, 1.54) is 0 Å². The minimum absolute atomic E-state index is 0.167. The first-order chi connectivity index (χ1) is 10.3. The van der Waals surface area contributed by atoms with Gasteiger partial charge in [0.15, 0.2) is 5.75 Å². The second-order valence-electron chi connectivity index (χ2n) is 4.27. The van der Waals surface area contributed by atoms with E-state index in [0.717, 1.165) is 5.69 Å². The molecule has 0 bridgehead atoms. The Morgan fingerprint density at radius 3 is 2.71 bits per heavy atom. The summed E-state index contributed by atoms with van der Waals surface area (Å²) in [4.78, 5) is 4.08. The second kappa shape index (κ2) is 5.35. The molecule has 0 spiro atoms. The van der Waals surface area contributed by atoms with E-state index >= 15 is 0 Å². The number of hydrogen-bond donors (Lipinski definition) is 1. The Hall–Kier alpha value is -3.33. The van der Waals surface area contributed by atoms with Crippen molar-refractivity contribution in [3.05, 3.63) is 60.4 Å². The van der Waals surface area contributed by atoms with Crippen LogP contribution in [0.3, 0.4) is 0 Å². The minimum atomic E-state index is 0.167. The van der Waals surface area contributed by atoms with Crippen molar-refractivity contribution in [1.82, 2.24) is 14.8 Å². The van der Waals surface area contributed by atoms with E-state index in [9.17, 15) is 0 Å². The average molecular weight is 277 g/mol. The monoisotopic (exact) mass is 277 g/mol. The van der Waals surface area contributed by atoms with Crippen molar-refractivity contribution in [2.45, 2.75) is 0 Å². The highest BCUT2D eigenvalue weighted by Crippen LogP contribution is 2.26. The summed E-state index contributed by atoms with van der Waals surface area (Å²) in [6.45, 7) is 0. The van der Waals surface area contributed by atoms with Gasteiger partial charge in [-0.15, -0.1) is 5.10 Å². The molecule has 0 unspecified atom stereocenters. The van der Waals surface area contributed by atoms with Crippen molar-refractivity contribution < 1.29 is 4.74 Å². The number of nitrogens with two attached hydrogens (primary N) is 1. The highest BCUT2D eigenvalue weighted by Gasteiger charge is 2.08. The van der Waals surface area contributed by atoms with Crippen LogP contribution in [0.15, 0.2) is 54.9 Å². The van der Waals surface area contributed by atoms with Crippen molar-refractivity contribution >= 4 is 5.69 Å². The molecule has 3 rings (SSSR count). The van der Waals surface area contributed by atoms with Gasteiger partial charge in [0.05, 0.1) is 23.0 Å². The third-order valence-corrected chi connectivity index (χ3v) is 2.84. The largest absolute Gasteiger partial charge is 0.421 e. The molecule has 0 saturated carbocycles. The standard InChI is InChI=1S/C15H11N5O/c16-9-11-6-7-13(17)14(8-11)21-15-18-10-20(19-15)12-4-2-1-3-5-12/h1-8,10H,17H2. The zero-order valence-electron chi connectivity index (χ0n) is 11.0. The van der Waals surface area contributed by atoms with E-state index in [0.29, 0.717) is 17.0 Å². The fourth-order valence-electron chi connectivity index (χ4n) is 1.79. The van der Waals surface area contributed by atoms with Crippen LogP contribution in [-0.4, -0.2) is 14.8 Å². The maximum atomic E-state index is 8.89. The predicted octanol–water partition coefficient (Wildman–Crippen LogP) is 2.51. The van der Waals surface area contributed by atoms with Gasteiger partial charge in [0.1, 0.15) is 6.33 Å². The first kappa shape index (κ1) is 12.7. The number of aromatic nitrogens is 3. The summed E-state index contributed by atoms with van der Waals surface area (Å²) >= 11 is 0. The minimum Gasteiger partial charge on any atom is -0.421 e. The molecule has 102 valence electrons. The van der Waals surface area contributed by atoms with Gasteiger partial charge in [0.2, 0.25) is 0 Å². The number of nitrogens with zero attached hydrogens (tertiary/aromatic N) is 4. The predicted molar refractivity (Wildman–Crippen MR) is 77.0 cm³/mol. The molecular weight excluding hydrogens is 266 g/mol. The SMILES string of the molecule is N#Cc1ccc(N)c(Oc2ncn(-c3ccccc3)n2)c1. The molecule has 1 heterocycles. The highest BCUT2D eigenvalue weighted by atomic mass is 16.5. The molecule has 6 heteroatoms. The first-order valence-electron chi connectivity index (χ1n) is 6.21. The molecular formula is C15H11N5O. The van der Waals surface area contributed by atoms with Gasteiger partial charge >= 0.3 is 6.01 Å². The number of benzene rings is 2. The van der Waals surface area contributed by atoms with Crippen LogP contribution in [-0.2, 0) is 0 Å². The van der Waals surface area contributed by atoms with E-state index in [4.69, 9.17) is 15.7 Å². The molecule has 0 aliphatic rings. The van der Waals surface area contributed by atoms with Crippen LogP contribution < -0.4 is 10.5 Å². The van der Waals surface area contributed by atoms with Gasteiger partial charge in [0.25, 0.3) is 0 Å². The Morgan fingerprint density at radius 1 is 1.14 bits per heavy atom. The number of ether oxygens (including phenoxy) is 1. The summed E-state index contributed by atoms with van der Waals surface area (Å²) in [7, 11) is 0. The molecule has 0 aliphatic carbocycles.